The number of carboxylic acid groups (broad SMARTS) is 1. The van der Waals surface area contributed by atoms with Crippen LogP contribution in [0.25, 0.3) is 11.1 Å². The van der Waals surface area contributed by atoms with E-state index >= 15 is 0 Å². The van der Waals surface area contributed by atoms with Gasteiger partial charge in [0.1, 0.15) is 10.6 Å². The fourth-order valence-corrected chi connectivity index (χ4v) is 2.83. The molecule has 0 unspecified atom stereocenters. The lowest BCUT2D eigenvalue weighted by Gasteiger charge is -2.08. The van der Waals surface area contributed by atoms with Gasteiger partial charge in [-0.05, 0) is 13.0 Å². The van der Waals surface area contributed by atoms with Crippen LogP contribution in [0.5, 0.6) is 5.75 Å². The van der Waals surface area contributed by atoms with E-state index in [1.807, 2.05) is 31.2 Å². The molecule has 94 valence electrons. The Morgan fingerprint density at radius 1 is 1.39 bits per heavy atom. The number of ether oxygens (including phenoxy) is 1. The normalized spacial score (nSPS) is 10.3. The molecule has 2 rings (SSSR count). The molecule has 2 aromatic rings. The summed E-state index contributed by atoms with van der Waals surface area (Å²) in [5, 5.41) is 9.08. The van der Waals surface area contributed by atoms with Crippen LogP contribution in [-0.2, 0) is 0 Å². The molecule has 0 radical (unpaired) electrons. The van der Waals surface area contributed by atoms with Crippen molar-refractivity contribution in [1.82, 2.24) is 0 Å². The Balaban J connectivity index is 2.68. The molecule has 0 spiro atoms. The van der Waals surface area contributed by atoms with E-state index in [0.29, 0.717) is 11.4 Å². The number of methoxy groups -OCH3 is 1. The van der Waals surface area contributed by atoms with E-state index in [1.165, 1.54) is 11.3 Å². The van der Waals surface area contributed by atoms with Crippen molar-refractivity contribution < 1.29 is 14.6 Å². The lowest BCUT2D eigenvalue weighted by atomic mass is 10.0. The first-order valence-electron chi connectivity index (χ1n) is 5.31. The molecule has 0 aliphatic rings. The number of carboxylic acids is 1. The Hall–Kier alpha value is -2.01. The number of anilines is 1. The van der Waals surface area contributed by atoms with Crippen LogP contribution < -0.4 is 10.5 Å². The van der Waals surface area contributed by atoms with Gasteiger partial charge in [0.25, 0.3) is 0 Å². The number of nitrogen functional groups attached to an aromatic ring is 1. The summed E-state index contributed by atoms with van der Waals surface area (Å²) in [6.07, 6.45) is 0. The van der Waals surface area contributed by atoms with Crippen LogP contribution >= 0.6 is 11.3 Å². The fourth-order valence-electron chi connectivity index (χ4n) is 1.91. The smallest absolute Gasteiger partial charge is 0.348 e. The van der Waals surface area contributed by atoms with Gasteiger partial charge in [0.2, 0.25) is 0 Å². The summed E-state index contributed by atoms with van der Waals surface area (Å²) in [5.41, 5.74) is 7.80. The zero-order valence-electron chi connectivity index (χ0n) is 10.1. The van der Waals surface area contributed by atoms with Gasteiger partial charge >= 0.3 is 5.97 Å². The summed E-state index contributed by atoms with van der Waals surface area (Å²) in [5.74, 6) is -0.316. The van der Waals surface area contributed by atoms with E-state index in [1.54, 1.807) is 7.11 Å². The van der Waals surface area contributed by atoms with E-state index < -0.39 is 5.97 Å². The first kappa shape index (κ1) is 12.4. The second-order valence-electron chi connectivity index (χ2n) is 3.78. The van der Waals surface area contributed by atoms with Crippen molar-refractivity contribution >= 4 is 23.0 Å². The third-order valence-corrected chi connectivity index (χ3v) is 3.80. The summed E-state index contributed by atoms with van der Waals surface area (Å²) in [4.78, 5) is 12.1. The Bertz CT molecular complexity index is 604. The lowest BCUT2D eigenvalue weighted by molar-refractivity contribution is 0.0703. The molecule has 0 atom stereocenters. The van der Waals surface area contributed by atoms with Crippen LogP contribution in [0, 0.1) is 6.92 Å². The molecular formula is C13H13NO3S. The number of para-hydroxylation sites is 1. The third kappa shape index (κ3) is 1.93. The second-order valence-corrected chi connectivity index (χ2v) is 5.01. The lowest BCUT2D eigenvalue weighted by Crippen LogP contribution is -1.98. The Morgan fingerprint density at radius 2 is 2.06 bits per heavy atom. The Morgan fingerprint density at radius 3 is 2.61 bits per heavy atom. The summed E-state index contributed by atoms with van der Waals surface area (Å²) in [6.45, 7) is 1.86. The zero-order chi connectivity index (χ0) is 13.3. The van der Waals surface area contributed by atoms with Gasteiger partial charge in [0.15, 0.2) is 0 Å². The third-order valence-electron chi connectivity index (χ3n) is 2.69. The second kappa shape index (κ2) is 4.70. The molecule has 0 aliphatic carbocycles. The number of carbonyl (C=O) groups is 1. The van der Waals surface area contributed by atoms with Crippen LogP contribution in [0.3, 0.4) is 0 Å². The highest BCUT2D eigenvalue weighted by atomic mass is 32.1. The minimum absolute atomic E-state index is 0.174. The minimum atomic E-state index is -0.998. The molecule has 0 fully saturated rings. The van der Waals surface area contributed by atoms with Crippen LogP contribution in [0.15, 0.2) is 24.3 Å². The van der Waals surface area contributed by atoms with Gasteiger partial charge in [-0.15, -0.1) is 11.3 Å². The van der Waals surface area contributed by atoms with E-state index in [4.69, 9.17) is 15.6 Å². The summed E-state index contributed by atoms with van der Waals surface area (Å²) >= 11 is 1.18. The molecule has 0 amide bonds. The van der Waals surface area contributed by atoms with E-state index in [2.05, 4.69) is 0 Å². The van der Waals surface area contributed by atoms with Crippen molar-refractivity contribution in [3.63, 3.8) is 0 Å². The van der Waals surface area contributed by atoms with Gasteiger partial charge in [-0.3, -0.25) is 0 Å². The monoisotopic (exact) mass is 263 g/mol. The highest BCUT2D eigenvalue weighted by molar-refractivity contribution is 7.15. The molecule has 0 aliphatic heterocycles. The quantitative estimate of drug-likeness (QED) is 0.892. The van der Waals surface area contributed by atoms with Gasteiger partial charge in [0, 0.05) is 16.0 Å². The number of benzene rings is 1. The minimum Gasteiger partial charge on any atom is -0.496 e. The van der Waals surface area contributed by atoms with Gasteiger partial charge in [-0.1, -0.05) is 18.2 Å². The van der Waals surface area contributed by atoms with Crippen molar-refractivity contribution in [2.24, 2.45) is 0 Å². The molecule has 3 N–H and O–H groups in total. The van der Waals surface area contributed by atoms with Crippen LogP contribution in [-0.4, -0.2) is 18.2 Å². The van der Waals surface area contributed by atoms with Crippen LogP contribution in [0.4, 0.5) is 5.69 Å². The predicted octanol–water partition coefficient (Wildman–Crippen LogP) is 3.01. The maximum absolute atomic E-state index is 11.1. The molecule has 1 heterocycles. The highest BCUT2D eigenvalue weighted by Gasteiger charge is 2.21. The van der Waals surface area contributed by atoms with Crippen molar-refractivity contribution in [3.05, 3.63) is 34.0 Å². The number of rotatable bonds is 3. The standard InChI is InChI=1S/C13H13NO3S/c1-7-10(11(14)12(18-7)13(15)16)8-5-3-4-6-9(8)17-2/h3-6H,14H2,1-2H3,(H,15,16). The van der Waals surface area contributed by atoms with Crippen molar-refractivity contribution in [1.29, 1.82) is 0 Å². The molecule has 0 saturated carbocycles. The first-order chi connectivity index (χ1) is 8.56. The maximum Gasteiger partial charge on any atom is 0.348 e. The van der Waals surface area contributed by atoms with Crippen LogP contribution in [0.1, 0.15) is 14.5 Å². The molecule has 1 aromatic carbocycles. The Kier molecular flexibility index (Phi) is 3.25. The predicted molar refractivity (Wildman–Crippen MR) is 72.4 cm³/mol. The number of hydrogen-bond acceptors (Lipinski definition) is 4. The van der Waals surface area contributed by atoms with Gasteiger partial charge in [-0.25, -0.2) is 4.79 Å². The van der Waals surface area contributed by atoms with E-state index in [9.17, 15) is 4.79 Å². The number of thiophene rings is 1. The molecule has 5 heteroatoms. The maximum atomic E-state index is 11.1. The number of hydrogen-bond donors (Lipinski definition) is 2. The summed E-state index contributed by atoms with van der Waals surface area (Å²) in [6, 6.07) is 7.43. The molecule has 18 heavy (non-hydrogen) atoms. The van der Waals surface area contributed by atoms with Crippen molar-refractivity contribution in [2.75, 3.05) is 12.8 Å². The molecule has 0 saturated heterocycles. The van der Waals surface area contributed by atoms with Crippen LogP contribution in [0.2, 0.25) is 0 Å². The van der Waals surface area contributed by atoms with Gasteiger partial charge in [0.05, 0.1) is 12.8 Å². The van der Waals surface area contributed by atoms with E-state index in [-0.39, 0.29) is 4.88 Å². The fraction of sp³-hybridized carbons (Fsp3) is 0.154. The average Bonchev–Trinajstić information content (AvgIpc) is 2.65. The molecular weight excluding hydrogens is 250 g/mol. The topological polar surface area (TPSA) is 72.5 Å². The molecule has 0 bridgehead atoms. The largest absolute Gasteiger partial charge is 0.496 e. The zero-order valence-corrected chi connectivity index (χ0v) is 10.9. The number of aryl methyl sites for hydroxylation is 1. The summed E-state index contributed by atoms with van der Waals surface area (Å²) < 4.78 is 5.28. The molecule has 1 aromatic heterocycles. The molecule has 4 nitrogen and oxygen atoms in total. The summed E-state index contributed by atoms with van der Waals surface area (Å²) in [7, 11) is 1.58. The van der Waals surface area contributed by atoms with Crippen molar-refractivity contribution in [2.45, 2.75) is 6.92 Å². The highest BCUT2D eigenvalue weighted by Crippen LogP contribution is 2.42. The SMILES string of the molecule is COc1ccccc1-c1c(C)sc(C(=O)O)c1N. The van der Waals surface area contributed by atoms with Gasteiger partial charge < -0.3 is 15.6 Å². The first-order valence-corrected chi connectivity index (χ1v) is 6.13. The van der Waals surface area contributed by atoms with Gasteiger partial charge in [-0.2, -0.15) is 0 Å². The average molecular weight is 263 g/mol. The van der Waals surface area contributed by atoms with Crippen molar-refractivity contribution in [3.8, 4) is 16.9 Å². The van der Waals surface area contributed by atoms with E-state index in [0.717, 1.165) is 16.0 Å². The number of nitrogens with two attached hydrogens (primary N) is 1. The number of aromatic carboxylic acids is 1. The Labute approximate surface area is 109 Å².